The highest BCUT2D eigenvalue weighted by Crippen LogP contribution is 2.50. The Morgan fingerprint density at radius 2 is 1.40 bits per heavy atom. The van der Waals surface area contributed by atoms with Gasteiger partial charge in [-0.1, -0.05) is 0 Å². The van der Waals surface area contributed by atoms with Gasteiger partial charge in [0.25, 0.3) is 8.07 Å². The predicted molar refractivity (Wildman–Crippen MR) is 48.3 cm³/mol. The van der Waals surface area contributed by atoms with E-state index in [0.717, 1.165) is 0 Å². The molecule has 0 bridgehead atoms. The van der Waals surface area contributed by atoms with Crippen LogP contribution in [0.5, 0.6) is 0 Å². The molecular formula is C3HBr4F3. The summed E-state index contributed by atoms with van der Waals surface area (Å²) in [5.74, 6) is 0. The lowest BCUT2D eigenvalue weighted by molar-refractivity contribution is 0.141. The summed E-state index contributed by atoms with van der Waals surface area (Å²) in [6.45, 7) is 0. The molecule has 0 aromatic carbocycles. The van der Waals surface area contributed by atoms with Crippen LogP contribution >= 0.6 is 63.7 Å². The summed E-state index contributed by atoms with van der Waals surface area (Å²) in [6, 6.07) is 0. The van der Waals surface area contributed by atoms with Gasteiger partial charge in [-0.25, -0.2) is 13.2 Å². The molecule has 0 heterocycles. The van der Waals surface area contributed by atoms with Gasteiger partial charge in [-0.05, 0) is 63.7 Å². The molecule has 0 radical (unpaired) electrons. The Hall–Kier alpha value is 1.71. The van der Waals surface area contributed by atoms with Crippen LogP contribution in [0.2, 0.25) is 0 Å². The van der Waals surface area contributed by atoms with Crippen LogP contribution in [0.4, 0.5) is 13.2 Å². The zero-order valence-corrected chi connectivity index (χ0v) is 10.6. The standard InChI is InChI=1S/C3HBr4F3/c4-1(8)2(5,9)3(6,7)10/h1H. The van der Waals surface area contributed by atoms with Crippen LogP contribution in [0, 0.1) is 0 Å². The first-order valence-electron chi connectivity index (χ1n) is 1.92. The highest BCUT2D eigenvalue weighted by atomic mass is 79.9. The molecule has 0 fully saturated rings. The lowest BCUT2D eigenvalue weighted by atomic mass is 10.5. The van der Waals surface area contributed by atoms with Crippen molar-refractivity contribution in [3.8, 4) is 0 Å². The van der Waals surface area contributed by atoms with Gasteiger partial charge in [0.2, 0.25) is 5.08 Å². The van der Waals surface area contributed by atoms with Crippen molar-refractivity contribution in [1.82, 2.24) is 0 Å². The Kier molecular flexibility index (Phi) is 4.23. The SMILES string of the molecule is FC(Br)C(F)(Br)C(F)(Br)Br. The van der Waals surface area contributed by atoms with Gasteiger partial charge >= 0.3 is 0 Å². The van der Waals surface area contributed by atoms with Gasteiger partial charge in [-0.15, -0.1) is 0 Å². The van der Waals surface area contributed by atoms with E-state index in [-0.39, 0.29) is 0 Å². The van der Waals surface area contributed by atoms with Crippen molar-refractivity contribution in [3.05, 3.63) is 0 Å². The Morgan fingerprint density at radius 1 is 1.10 bits per heavy atom. The first-order chi connectivity index (χ1) is 4.19. The van der Waals surface area contributed by atoms with E-state index in [9.17, 15) is 13.2 Å². The van der Waals surface area contributed by atoms with Crippen molar-refractivity contribution in [2.75, 3.05) is 0 Å². The maximum atomic E-state index is 12.7. The third kappa shape index (κ3) is 2.64. The maximum Gasteiger partial charge on any atom is 0.266 e. The monoisotopic (exact) mass is 410 g/mol. The summed E-state index contributed by atoms with van der Waals surface area (Å²) in [6.07, 6.45) is 0. The minimum Gasteiger partial charge on any atom is -0.230 e. The van der Waals surface area contributed by atoms with Crippen LogP contribution < -0.4 is 0 Å². The van der Waals surface area contributed by atoms with Crippen molar-refractivity contribution in [3.63, 3.8) is 0 Å². The maximum absolute atomic E-state index is 12.7. The molecule has 7 heteroatoms. The Labute approximate surface area is 89.4 Å². The lowest BCUT2D eigenvalue weighted by Crippen LogP contribution is -2.38. The summed E-state index contributed by atoms with van der Waals surface area (Å²) in [5, 5.41) is -2.15. The fourth-order valence-electron chi connectivity index (χ4n) is 0.124. The van der Waals surface area contributed by atoms with E-state index < -0.39 is 13.1 Å². The lowest BCUT2D eigenvalue weighted by Gasteiger charge is -2.25. The normalized spacial score (nSPS) is 21.9. The van der Waals surface area contributed by atoms with Gasteiger partial charge in [0.1, 0.15) is 0 Å². The third-order valence-electron chi connectivity index (χ3n) is 0.652. The quantitative estimate of drug-likeness (QED) is 0.597. The average Bonchev–Trinajstić information content (AvgIpc) is 1.62. The summed E-state index contributed by atoms with van der Waals surface area (Å²) < 4.78 is 32.0. The van der Waals surface area contributed by atoms with Crippen molar-refractivity contribution >= 4 is 63.7 Å². The van der Waals surface area contributed by atoms with E-state index in [1.165, 1.54) is 0 Å². The largest absolute Gasteiger partial charge is 0.266 e. The summed E-state index contributed by atoms with van der Waals surface area (Å²) in [7, 11) is 0. The number of hydrogen-bond donors (Lipinski definition) is 0. The van der Waals surface area contributed by atoms with Crippen molar-refractivity contribution < 1.29 is 13.2 Å². The number of halogens is 7. The van der Waals surface area contributed by atoms with Crippen LogP contribution in [0.15, 0.2) is 0 Å². The molecule has 2 unspecified atom stereocenters. The van der Waals surface area contributed by atoms with Crippen LogP contribution in [-0.4, -0.2) is 13.1 Å². The first-order valence-corrected chi connectivity index (χ1v) is 5.21. The minimum absolute atomic E-state index is 2.15. The predicted octanol–water partition coefficient (Wildman–Crippen LogP) is 4.15. The molecule has 0 aliphatic heterocycles. The molecule has 10 heavy (non-hydrogen) atoms. The van der Waals surface area contributed by atoms with Gasteiger partial charge in [0.05, 0.1) is 0 Å². The molecule has 0 saturated heterocycles. The van der Waals surface area contributed by atoms with Crippen LogP contribution in [-0.2, 0) is 0 Å². The number of hydrogen-bond acceptors (Lipinski definition) is 0. The minimum atomic E-state index is -2.83. The van der Waals surface area contributed by atoms with Crippen molar-refractivity contribution in [2.45, 2.75) is 13.1 Å². The second-order valence-electron chi connectivity index (χ2n) is 1.42. The Balaban J connectivity index is 4.40. The molecule has 0 spiro atoms. The van der Waals surface area contributed by atoms with Crippen LogP contribution in [0.25, 0.3) is 0 Å². The van der Waals surface area contributed by atoms with Gasteiger partial charge < -0.3 is 0 Å². The second kappa shape index (κ2) is 3.62. The molecule has 0 aromatic rings. The van der Waals surface area contributed by atoms with Gasteiger partial charge in [-0.3, -0.25) is 0 Å². The molecule has 0 amide bonds. The van der Waals surface area contributed by atoms with Gasteiger partial charge in [0.15, 0.2) is 0 Å². The van der Waals surface area contributed by atoms with Crippen LogP contribution in [0.3, 0.4) is 0 Å². The average molecular weight is 414 g/mol. The fourth-order valence-corrected chi connectivity index (χ4v) is 1.46. The first kappa shape index (κ1) is 11.7. The topological polar surface area (TPSA) is 0 Å². The highest BCUT2D eigenvalue weighted by molar-refractivity contribution is 9.26. The van der Waals surface area contributed by atoms with Crippen molar-refractivity contribution in [1.29, 1.82) is 0 Å². The zero-order chi connectivity index (χ0) is 8.58. The fraction of sp³-hybridized carbons (Fsp3) is 1.00. The molecular weight excluding hydrogens is 413 g/mol. The molecule has 2 atom stereocenters. The molecule has 0 aliphatic rings. The molecule has 0 saturated carbocycles. The van der Waals surface area contributed by atoms with E-state index in [2.05, 4.69) is 63.7 Å². The van der Waals surface area contributed by atoms with E-state index in [4.69, 9.17) is 0 Å². The second-order valence-corrected chi connectivity index (χ2v) is 6.63. The molecule has 0 N–H and O–H groups in total. The molecule has 0 rings (SSSR count). The Morgan fingerprint density at radius 3 is 1.40 bits per heavy atom. The van der Waals surface area contributed by atoms with E-state index in [0.29, 0.717) is 0 Å². The summed E-state index contributed by atoms with van der Waals surface area (Å²) in [4.78, 5) is 0. The molecule has 0 aliphatic carbocycles. The molecule has 0 aromatic heterocycles. The highest BCUT2D eigenvalue weighted by Gasteiger charge is 2.54. The van der Waals surface area contributed by atoms with Crippen LogP contribution in [0.1, 0.15) is 0 Å². The number of alkyl halides is 7. The van der Waals surface area contributed by atoms with E-state index in [1.54, 1.807) is 0 Å². The smallest absolute Gasteiger partial charge is 0.230 e. The third-order valence-corrected chi connectivity index (χ3v) is 5.06. The summed E-state index contributed by atoms with van der Waals surface area (Å²) in [5.41, 5.74) is 0. The van der Waals surface area contributed by atoms with Crippen molar-refractivity contribution in [2.24, 2.45) is 0 Å². The van der Waals surface area contributed by atoms with E-state index in [1.807, 2.05) is 0 Å². The number of rotatable bonds is 2. The van der Waals surface area contributed by atoms with E-state index >= 15 is 0 Å². The molecule has 62 valence electrons. The van der Waals surface area contributed by atoms with Gasteiger partial charge in [-0.2, -0.15) is 0 Å². The Bertz CT molecular complexity index is 117. The molecule has 0 nitrogen and oxygen atoms in total. The summed E-state index contributed by atoms with van der Waals surface area (Å²) >= 11 is 8.97. The zero-order valence-electron chi connectivity index (χ0n) is 4.22. The van der Waals surface area contributed by atoms with Gasteiger partial charge in [0, 0.05) is 0 Å².